The van der Waals surface area contributed by atoms with Gasteiger partial charge in [0.1, 0.15) is 0 Å². The van der Waals surface area contributed by atoms with E-state index in [1.165, 1.54) is 24.0 Å². The summed E-state index contributed by atoms with van der Waals surface area (Å²) in [6.07, 6.45) is 3.74. The lowest BCUT2D eigenvalue weighted by Crippen LogP contribution is -2.14. The van der Waals surface area contributed by atoms with Crippen LogP contribution < -0.4 is 0 Å². The average Bonchev–Trinajstić information content (AvgIpc) is 3.19. The van der Waals surface area contributed by atoms with Crippen LogP contribution in [0.15, 0.2) is 52.9 Å². The van der Waals surface area contributed by atoms with Crippen molar-refractivity contribution in [1.29, 1.82) is 0 Å². The van der Waals surface area contributed by atoms with E-state index in [4.69, 9.17) is 4.42 Å². The quantitative estimate of drug-likeness (QED) is 0.480. The molecule has 0 N–H and O–H groups in total. The number of hydrogen-bond donors (Lipinski definition) is 0. The molecule has 1 heterocycles. The van der Waals surface area contributed by atoms with Gasteiger partial charge in [0.2, 0.25) is 11.8 Å². The third-order valence-corrected chi connectivity index (χ3v) is 5.02. The van der Waals surface area contributed by atoms with Gasteiger partial charge in [-0.25, -0.2) is 0 Å². The fraction of sp³-hybridized carbons (Fsp3) is 0.417. The second kappa shape index (κ2) is 9.50. The molecule has 3 aromatic rings. The lowest BCUT2D eigenvalue weighted by molar-refractivity contribution is 0.506. The molecule has 1 aromatic heterocycles. The minimum atomic E-state index is 0.181. The van der Waals surface area contributed by atoms with Crippen molar-refractivity contribution in [2.24, 2.45) is 0 Å². The molecule has 0 spiro atoms. The first-order valence-corrected chi connectivity index (χ1v) is 9.92. The molecule has 3 rings (SSSR count). The number of nitrogens with zero attached hydrogens (tertiary/aromatic N) is 2. The standard InChI is InChI=1S/C20H22N2O.C4H10/c1-5-20(3,4)17-12-10-16(11-13-17)19-22-21-18(23-19)15-8-6-14(2)7-9-15;1-3-4-2/h6-13H,5H2,1-4H3;3-4H2,1-2H3. The molecule has 0 aliphatic rings. The summed E-state index contributed by atoms with van der Waals surface area (Å²) in [7, 11) is 0. The summed E-state index contributed by atoms with van der Waals surface area (Å²) in [4.78, 5) is 0. The van der Waals surface area contributed by atoms with E-state index in [0.717, 1.165) is 17.5 Å². The summed E-state index contributed by atoms with van der Waals surface area (Å²) >= 11 is 0. The predicted molar refractivity (Wildman–Crippen MR) is 114 cm³/mol. The molecule has 0 saturated heterocycles. The minimum absolute atomic E-state index is 0.181. The van der Waals surface area contributed by atoms with Gasteiger partial charge in [0.25, 0.3) is 0 Å². The van der Waals surface area contributed by atoms with Gasteiger partial charge in [0, 0.05) is 11.1 Å². The first-order valence-electron chi connectivity index (χ1n) is 9.92. The van der Waals surface area contributed by atoms with Crippen molar-refractivity contribution in [3.05, 3.63) is 59.7 Å². The SMILES string of the molecule is CCC(C)(C)c1ccc(-c2nnc(-c3ccc(C)cc3)o2)cc1.CCCC. The van der Waals surface area contributed by atoms with E-state index in [-0.39, 0.29) is 5.41 Å². The van der Waals surface area contributed by atoms with Crippen LogP contribution in [0.2, 0.25) is 0 Å². The van der Waals surface area contributed by atoms with Crippen molar-refractivity contribution < 1.29 is 4.42 Å². The van der Waals surface area contributed by atoms with Gasteiger partial charge in [-0.3, -0.25) is 0 Å². The van der Waals surface area contributed by atoms with Crippen LogP contribution in [0.4, 0.5) is 0 Å². The summed E-state index contributed by atoms with van der Waals surface area (Å²) in [6, 6.07) is 16.5. The number of aryl methyl sites for hydroxylation is 1. The Bertz CT molecular complexity index is 812. The van der Waals surface area contributed by atoms with Crippen molar-refractivity contribution >= 4 is 0 Å². The molecule has 0 amide bonds. The zero-order chi connectivity index (χ0) is 19.9. The summed E-state index contributed by atoms with van der Waals surface area (Å²) in [5.74, 6) is 1.11. The number of aromatic nitrogens is 2. The van der Waals surface area contributed by atoms with Crippen LogP contribution in [-0.4, -0.2) is 10.2 Å². The molecule has 3 heteroatoms. The molecule has 0 unspecified atom stereocenters. The summed E-state index contributed by atoms with van der Waals surface area (Å²) in [5, 5.41) is 8.34. The third kappa shape index (κ3) is 5.53. The van der Waals surface area contributed by atoms with Crippen LogP contribution in [0.5, 0.6) is 0 Å². The Balaban J connectivity index is 0.000000596. The van der Waals surface area contributed by atoms with Crippen molar-refractivity contribution in [2.45, 2.75) is 66.2 Å². The number of benzene rings is 2. The Morgan fingerprint density at radius 1 is 0.741 bits per heavy atom. The molecular weight excluding hydrogens is 332 g/mol. The fourth-order valence-corrected chi connectivity index (χ4v) is 2.42. The van der Waals surface area contributed by atoms with Crippen LogP contribution in [-0.2, 0) is 5.41 Å². The van der Waals surface area contributed by atoms with Crippen LogP contribution >= 0.6 is 0 Å². The van der Waals surface area contributed by atoms with Gasteiger partial charge in [0.05, 0.1) is 0 Å². The highest BCUT2D eigenvalue weighted by Gasteiger charge is 2.18. The van der Waals surface area contributed by atoms with Crippen LogP contribution in [0, 0.1) is 6.92 Å². The van der Waals surface area contributed by atoms with E-state index in [1.54, 1.807) is 0 Å². The normalized spacial score (nSPS) is 11.0. The molecule has 0 radical (unpaired) electrons. The lowest BCUT2D eigenvalue weighted by atomic mass is 9.82. The molecule has 27 heavy (non-hydrogen) atoms. The molecule has 0 aliphatic carbocycles. The number of unbranched alkanes of at least 4 members (excludes halogenated alkanes) is 1. The smallest absolute Gasteiger partial charge is 0.248 e. The topological polar surface area (TPSA) is 38.9 Å². The van der Waals surface area contributed by atoms with Gasteiger partial charge in [-0.05, 0) is 48.6 Å². The van der Waals surface area contributed by atoms with Gasteiger partial charge in [-0.1, -0.05) is 77.3 Å². The maximum Gasteiger partial charge on any atom is 0.248 e. The molecule has 0 saturated carbocycles. The van der Waals surface area contributed by atoms with Crippen LogP contribution in [0.3, 0.4) is 0 Å². The van der Waals surface area contributed by atoms with Crippen LogP contribution in [0.25, 0.3) is 22.9 Å². The molecule has 2 aromatic carbocycles. The Labute approximate surface area is 163 Å². The van der Waals surface area contributed by atoms with E-state index >= 15 is 0 Å². The Morgan fingerprint density at radius 2 is 1.19 bits per heavy atom. The highest BCUT2D eigenvalue weighted by Crippen LogP contribution is 2.29. The fourth-order valence-electron chi connectivity index (χ4n) is 2.42. The molecule has 3 nitrogen and oxygen atoms in total. The first kappa shape index (κ1) is 20.9. The summed E-state index contributed by atoms with van der Waals surface area (Å²) in [5.41, 5.74) is 4.61. The maximum absolute atomic E-state index is 5.83. The first-order chi connectivity index (χ1) is 12.9. The highest BCUT2D eigenvalue weighted by atomic mass is 16.4. The zero-order valence-corrected chi connectivity index (χ0v) is 17.5. The molecule has 0 fully saturated rings. The van der Waals surface area contributed by atoms with Gasteiger partial charge >= 0.3 is 0 Å². The van der Waals surface area contributed by atoms with Gasteiger partial charge in [0.15, 0.2) is 0 Å². The second-order valence-corrected chi connectivity index (χ2v) is 7.59. The summed E-state index contributed by atoms with van der Waals surface area (Å²) in [6.45, 7) is 13.1. The van der Waals surface area contributed by atoms with Crippen molar-refractivity contribution in [1.82, 2.24) is 10.2 Å². The van der Waals surface area contributed by atoms with Crippen molar-refractivity contribution in [2.75, 3.05) is 0 Å². The lowest BCUT2D eigenvalue weighted by Gasteiger charge is -2.23. The van der Waals surface area contributed by atoms with Crippen molar-refractivity contribution in [3.8, 4) is 22.9 Å². The Hall–Kier alpha value is -2.42. The molecule has 0 atom stereocenters. The van der Waals surface area contributed by atoms with E-state index < -0.39 is 0 Å². The number of rotatable bonds is 5. The average molecular weight is 365 g/mol. The zero-order valence-electron chi connectivity index (χ0n) is 17.5. The molecular formula is C24H32N2O. The van der Waals surface area contributed by atoms with E-state index in [1.807, 2.05) is 24.3 Å². The summed E-state index contributed by atoms with van der Waals surface area (Å²) < 4.78 is 5.83. The molecule has 0 bridgehead atoms. The predicted octanol–water partition coefficient (Wildman–Crippen LogP) is 7.21. The van der Waals surface area contributed by atoms with Gasteiger partial charge in [-0.2, -0.15) is 0 Å². The van der Waals surface area contributed by atoms with Gasteiger partial charge in [-0.15, -0.1) is 10.2 Å². The third-order valence-electron chi connectivity index (χ3n) is 5.02. The Morgan fingerprint density at radius 3 is 1.59 bits per heavy atom. The van der Waals surface area contributed by atoms with Crippen molar-refractivity contribution in [3.63, 3.8) is 0 Å². The number of hydrogen-bond acceptors (Lipinski definition) is 3. The van der Waals surface area contributed by atoms with E-state index in [0.29, 0.717) is 11.8 Å². The van der Waals surface area contributed by atoms with Crippen LogP contribution in [0.1, 0.15) is 65.0 Å². The second-order valence-electron chi connectivity index (χ2n) is 7.59. The molecule has 144 valence electrons. The maximum atomic E-state index is 5.83. The Kier molecular flexibility index (Phi) is 7.35. The monoisotopic (exact) mass is 364 g/mol. The van der Waals surface area contributed by atoms with Gasteiger partial charge < -0.3 is 4.42 Å². The largest absolute Gasteiger partial charge is 0.416 e. The van der Waals surface area contributed by atoms with E-state index in [2.05, 4.69) is 76.0 Å². The molecule has 0 aliphatic heterocycles. The van der Waals surface area contributed by atoms with E-state index in [9.17, 15) is 0 Å². The minimum Gasteiger partial charge on any atom is -0.416 e. The highest BCUT2D eigenvalue weighted by molar-refractivity contribution is 5.58.